The average Bonchev–Trinajstić information content (AvgIpc) is 3.68. The fourth-order valence-electron chi connectivity index (χ4n) is 5.08. The Balaban J connectivity index is 1.37. The van der Waals surface area contributed by atoms with Crippen LogP contribution in [-0.4, -0.2) is 68.6 Å². The minimum Gasteiger partial charge on any atom is -0.497 e. The number of amides is 2. The molecule has 3 unspecified atom stereocenters. The van der Waals surface area contributed by atoms with Crippen molar-refractivity contribution in [3.63, 3.8) is 0 Å². The summed E-state index contributed by atoms with van der Waals surface area (Å²) in [6.45, 7) is 2.51. The Hall–Kier alpha value is -3.66. The van der Waals surface area contributed by atoms with Gasteiger partial charge in [-0.1, -0.05) is 43.0 Å². The van der Waals surface area contributed by atoms with Crippen LogP contribution in [0.1, 0.15) is 55.3 Å². The van der Waals surface area contributed by atoms with Crippen molar-refractivity contribution in [3.05, 3.63) is 65.2 Å². The minimum atomic E-state index is -1.01. The number of amidine groups is 1. The zero-order valence-corrected chi connectivity index (χ0v) is 22.2. The van der Waals surface area contributed by atoms with E-state index in [1.807, 2.05) is 24.3 Å². The van der Waals surface area contributed by atoms with Gasteiger partial charge in [-0.2, -0.15) is 10.1 Å². The summed E-state index contributed by atoms with van der Waals surface area (Å²) in [6.07, 6.45) is 2.56. The van der Waals surface area contributed by atoms with E-state index in [9.17, 15) is 19.5 Å². The quantitative estimate of drug-likeness (QED) is 0.574. The molecule has 198 valence electrons. The van der Waals surface area contributed by atoms with Crippen molar-refractivity contribution in [2.45, 2.75) is 56.4 Å². The highest BCUT2D eigenvalue weighted by molar-refractivity contribution is 8.15. The number of aryl methyl sites for hydroxylation is 1. The SMILES string of the molecule is CCc1ccc(C2CC(c3ccc(OC)cc3)=NN2C2=NC(=O)C(CC(=O)N3CCCC3C(=O)O)S2)cc1. The number of carbonyl (C=O) groups is 3. The number of carboxylic acids is 1. The molecule has 10 heteroatoms. The third-order valence-electron chi connectivity index (χ3n) is 7.25. The number of thioether (sulfide) groups is 1. The average molecular weight is 535 g/mol. The number of aliphatic carboxylic acids is 1. The molecule has 3 aliphatic rings. The normalized spacial score (nSPS) is 23.0. The van der Waals surface area contributed by atoms with Gasteiger partial charge in [0.25, 0.3) is 5.91 Å². The molecule has 5 rings (SSSR count). The summed E-state index contributed by atoms with van der Waals surface area (Å²) in [5.41, 5.74) is 4.12. The second kappa shape index (κ2) is 11.0. The Morgan fingerprint density at radius 1 is 1.13 bits per heavy atom. The fraction of sp³-hybridized carbons (Fsp3) is 0.393. The number of ether oxygens (including phenoxy) is 1. The molecule has 0 spiro atoms. The monoisotopic (exact) mass is 534 g/mol. The molecule has 3 heterocycles. The smallest absolute Gasteiger partial charge is 0.326 e. The maximum Gasteiger partial charge on any atom is 0.326 e. The summed E-state index contributed by atoms with van der Waals surface area (Å²) in [7, 11) is 1.62. The van der Waals surface area contributed by atoms with Crippen LogP contribution in [0.2, 0.25) is 0 Å². The van der Waals surface area contributed by atoms with Gasteiger partial charge in [0.2, 0.25) is 5.91 Å². The number of methoxy groups -OCH3 is 1. The van der Waals surface area contributed by atoms with E-state index >= 15 is 0 Å². The number of carbonyl (C=O) groups excluding carboxylic acids is 2. The molecular formula is C28H30N4O5S. The number of hydrogen-bond donors (Lipinski definition) is 1. The number of nitrogens with zero attached hydrogens (tertiary/aromatic N) is 4. The number of hydrazone groups is 1. The van der Waals surface area contributed by atoms with E-state index in [0.29, 0.717) is 31.0 Å². The van der Waals surface area contributed by atoms with E-state index in [-0.39, 0.29) is 18.4 Å². The Kier molecular flexibility index (Phi) is 7.51. The molecule has 2 amide bonds. The van der Waals surface area contributed by atoms with Crippen LogP contribution in [0.5, 0.6) is 5.75 Å². The molecule has 38 heavy (non-hydrogen) atoms. The second-order valence-corrected chi connectivity index (χ2v) is 10.7. The first-order chi connectivity index (χ1) is 18.4. The Morgan fingerprint density at radius 3 is 2.53 bits per heavy atom. The van der Waals surface area contributed by atoms with Gasteiger partial charge in [0.1, 0.15) is 17.0 Å². The maximum absolute atomic E-state index is 12.9. The summed E-state index contributed by atoms with van der Waals surface area (Å²) in [5, 5.41) is 15.9. The lowest BCUT2D eigenvalue weighted by Gasteiger charge is -2.24. The molecule has 2 aromatic carbocycles. The zero-order chi connectivity index (χ0) is 26.8. The molecule has 3 aliphatic heterocycles. The first-order valence-electron chi connectivity index (χ1n) is 12.8. The van der Waals surface area contributed by atoms with Gasteiger partial charge in [-0.05, 0) is 60.2 Å². The van der Waals surface area contributed by atoms with Gasteiger partial charge in [-0.25, -0.2) is 9.80 Å². The summed E-state index contributed by atoms with van der Waals surface area (Å²) in [5.74, 6) is -0.967. The zero-order valence-electron chi connectivity index (χ0n) is 21.4. The maximum atomic E-state index is 12.9. The first-order valence-corrected chi connectivity index (χ1v) is 13.7. The van der Waals surface area contributed by atoms with Gasteiger partial charge in [-0.15, -0.1) is 0 Å². The van der Waals surface area contributed by atoms with Gasteiger partial charge in [0.15, 0.2) is 5.17 Å². The van der Waals surface area contributed by atoms with E-state index in [1.165, 1.54) is 22.2 Å². The van der Waals surface area contributed by atoms with Crippen LogP contribution < -0.4 is 4.74 Å². The van der Waals surface area contributed by atoms with E-state index < -0.39 is 23.2 Å². The third kappa shape index (κ3) is 5.18. The standard InChI is InChI=1S/C28H30N4O5S/c1-3-17-6-8-19(9-7-17)23-15-21(18-10-12-20(37-2)13-11-18)30-32(23)28-29-26(34)24(38-28)16-25(33)31-14-4-5-22(31)27(35)36/h6-13,22-24H,3-5,14-16H2,1-2H3,(H,35,36). The van der Waals surface area contributed by atoms with Crippen LogP contribution in [-0.2, 0) is 20.8 Å². The Bertz CT molecular complexity index is 1290. The minimum absolute atomic E-state index is 0.0843. The summed E-state index contributed by atoms with van der Waals surface area (Å²) >= 11 is 1.23. The van der Waals surface area contributed by atoms with Crippen molar-refractivity contribution in [1.82, 2.24) is 9.91 Å². The number of hydrogen-bond acceptors (Lipinski definition) is 7. The van der Waals surface area contributed by atoms with Crippen molar-refractivity contribution in [2.75, 3.05) is 13.7 Å². The van der Waals surface area contributed by atoms with Crippen LogP contribution in [0.15, 0.2) is 58.6 Å². The molecule has 0 bridgehead atoms. The summed E-state index contributed by atoms with van der Waals surface area (Å²) in [4.78, 5) is 43.0. The molecule has 1 saturated heterocycles. The number of aliphatic imine (C=N–C) groups is 1. The number of likely N-dealkylation sites (tertiary alicyclic amines) is 1. The molecule has 1 fully saturated rings. The molecule has 0 radical (unpaired) electrons. The van der Waals surface area contributed by atoms with E-state index in [1.54, 1.807) is 12.1 Å². The lowest BCUT2D eigenvalue weighted by Crippen LogP contribution is -2.41. The molecule has 0 saturated carbocycles. The van der Waals surface area contributed by atoms with E-state index in [4.69, 9.17) is 9.84 Å². The largest absolute Gasteiger partial charge is 0.497 e. The number of carboxylic acid groups (broad SMARTS) is 1. The molecule has 0 aliphatic carbocycles. The van der Waals surface area contributed by atoms with E-state index in [0.717, 1.165) is 29.0 Å². The highest BCUT2D eigenvalue weighted by Gasteiger charge is 2.41. The van der Waals surface area contributed by atoms with Crippen molar-refractivity contribution in [3.8, 4) is 5.75 Å². The highest BCUT2D eigenvalue weighted by Crippen LogP contribution is 2.39. The van der Waals surface area contributed by atoms with Gasteiger partial charge in [0.05, 0.1) is 18.9 Å². The van der Waals surface area contributed by atoms with Gasteiger partial charge >= 0.3 is 5.97 Å². The molecule has 3 atom stereocenters. The molecule has 0 aromatic heterocycles. The summed E-state index contributed by atoms with van der Waals surface area (Å²) in [6, 6.07) is 15.1. The van der Waals surface area contributed by atoms with Gasteiger partial charge < -0.3 is 14.7 Å². The highest BCUT2D eigenvalue weighted by atomic mass is 32.2. The van der Waals surface area contributed by atoms with Crippen LogP contribution in [0.4, 0.5) is 0 Å². The van der Waals surface area contributed by atoms with Gasteiger partial charge in [0, 0.05) is 19.4 Å². The van der Waals surface area contributed by atoms with Crippen LogP contribution in [0, 0.1) is 0 Å². The molecule has 9 nitrogen and oxygen atoms in total. The van der Waals surface area contributed by atoms with Gasteiger partial charge in [-0.3, -0.25) is 9.59 Å². The van der Waals surface area contributed by atoms with E-state index in [2.05, 4.69) is 36.2 Å². The predicted molar refractivity (Wildman–Crippen MR) is 145 cm³/mol. The van der Waals surface area contributed by atoms with Crippen LogP contribution in [0.3, 0.4) is 0 Å². The molecular weight excluding hydrogens is 504 g/mol. The predicted octanol–water partition coefficient (Wildman–Crippen LogP) is 3.87. The number of rotatable bonds is 7. The van der Waals surface area contributed by atoms with Crippen LogP contribution >= 0.6 is 11.8 Å². The lowest BCUT2D eigenvalue weighted by molar-refractivity contribution is -0.148. The first kappa shape index (κ1) is 26.0. The molecule has 2 aromatic rings. The summed E-state index contributed by atoms with van der Waals surface area (Å²) < 4.78 is 5.28. The topological polar surface area (TPSA) is 112 Å². The third-order valence-corrected chi connectivity index (χ3v) is 8.39. The number of benzene rings is 2. The Morgan fingerprint density at radius 2 is 1.87 bits per heavy atom. The van der Waals surface area contributed by atoms with Crippen molar-refractivity contribution >= 4 is 40.4 Å². The second-order valence-electron chi connectivity index (χ2n) is 9.56. The lowest BCUT2D eigenvalue weighted by atomic mass is 9.97. The fourth-order valence-corrected chi connectivity index (χ4v) is 6.13. The van der Waals surface area contributed by atoms with Crippen molar-refractivity contribution in [2.24, 2.45) is 10.1 Å². The van der Waals surface area contributed by atoms with Crippen molar-refractivity contribution < 1.29 is 24.2 Å². The van der Waals surface area contributed by atoms with Crippen LogP contribution in [0.25, 0.3) is 0 Å². The molecule has 1 N–H and O–H groups in total. The Labute approximate surface area is 225 Å². The van der Waals surface area contributed by atoms with Crippen molar-refractivity contribution in [1.29, 1.82) is 0 Å².